The van der Waals surface area contributed by atoms with E-state index in [0.717, 1.165) is 68.4 Å². The van der Waals surface area contributed by atoms with Crippen LogP contribution in [0.4, 0.5) is 30.2 Å². The molecule has 0 atom stereocenters. The Kier molecular flexibility index (Phi) is 12.3. The lowest BCUT2D eigenvalue weighted by Crippen LogP contribution is -2.36. The number of aromatic carboxylic acids is 1. The van der Waals surface area contributed by atoms with Gasteiger partial charge >= 0.3 is 5.97 Å². The average Bonchev–Trinajstić information content (AvgIpc) is 3.09. The molecule has 1 fully saturated rings. The van der Waals surface area contributed by atoms with E-state index in [1.165, 1.54) is 18.2 Å². The Morgan fingerprint density at radius 1 is 0.706 bits per heavy atom. The first kappa shape index (κ1) is 36.9. The molecule has 0 spiro atoms. The van der Waals surface area contributed by atoms with Gasteiger partial charge in [0.05, 0.1) is 35.1 Å². The van der Waals surface area contributed by atoms with Gasteiger partial charge in [-0.05, 0) is 66.7 Å². The van der Waals surface area contributed by atoms with Crippen LogP contribution in [0.5, 0.6) is 0 Å². The number of aromatic amines is 2. The molecule has 0 bridgehead atoms. The van der Waals surface area contributed by atoms with E-state index in [9.17, 15) is 32.3 Å². The predicted molar refractivity (Wildman–Crippen MR) is 180 cm³/mol. The van der Waals surface area contributed by atoms with Gasteiger partial charge in [0.2, 0.25) is 0 Å². The Bertz CT molecular complexity index is 2240. The van der Waals surface area contributed by atoms with Gasteiger partial charge in [-0.25, -0.2) is 28.2 Å². The summed E-state index contributed by atoms with van der Waals surface area (Å²) < 4.78 is 42.6. The Morgan fingerprint density at radius 3 is 1.69 bits per heavy atom. The smallest absolute Gasteiger partial charge is 0.337 e. The topological polar surface area (TPSA) is 262 Å². The van der Waals surface area contributed by atoms with Crippen molar-refractivity contribution in [1.29, 1.82) is 0 Å². The van der Waals surface area contributed by atoms with Crippen LogP contribution in [0.1, 0.15) is 20.7 Å². The summed E-state index contributed by atoms with van der Waals surface area (Å²) in [7, 11) is 0. The van der Waals surface area contributed by atoms with Gasteiger partial charge < -0.3 is 31.9 Å². The highest BCUT2D eigenvalue weighted by Crippen LogP contribution is 2.19. The molecule has 1 aliphatic rings. The van der Waals surface area contributed by atoms with Gasteiger partial charge in [0, 0.05) is 36.2 Å². The van der Waals surface area contributed by atoms with E-state index in [0.29, 0.717) is 16.3 Å². The minimum atomic E-state index is -1.15. The Morgan fingerprint density at radius 2 is 1.18 bits per heavy atom. The number of nitrogen functional groups attached to an aromatic ring is 2. The van der Waals surface area contributed by atoms with E-state index in [-0.39, 0.29) is 39.1 Å². The van der Waals surface area contributed by atoms with Crippen LogP contribution in [-0.2, 0) is 4.74 Å². The summed E-state index contributed by atoms with van der Waals surface area (Å²) in [5, 5.41) is 28.2. The summed E-state index contributed by atoms with van der Waals surface area (Å²) >= 11 is 0. The first-order valence-electron chi connectivity index (χ1n) is 14.7. The van der Waals surface area contributed by atoms with Crippen LogP contribution in [-0.4, -0.2) is 74.1 Å². The number of aromatic nitrogens is 6. The van der Waals surface area contributed by atoms with Crippen molar-refractivity contribution in [2.24, 2.45) is 5.73 Å². The fraction of sp³-hybridized carbons (Fsp3) is 0.125. The average molecular weight is 707 g/mol. The quantitative estimate of drug-likeness (QED) is 0.144. The number of hydrogen-bond acceptors (Lipinski definition) is 12. The molecule has 19 heteroatoms. The lowest BCUT2D eigenvalue weighted by Gasteiger charge is -2.28. The number of H-pyrrole nitrogens is 2. The molecule has 1 saturated heterocycles. The number of nitrogens with zero attached hydrogens (tertiary/aromatic N) is 5. The number of anilines is 3. The zero-order valence-corrected chi connectivity index (χ0v) is 26.3. The number of carbonyl (C=O) groups excluding carboxylic acids is 1. The van der Waals surface area contributed by atoms with Gasteiger partial charge in [-0.3, -0.25) is 14.4 Å². The number of ether oxygens (including phenoxy) is 1. The number of primary amides is 1. The molecule has 9 N–H and O–H groups in total. The van der Waals surface area contributed by atoms with Crippen molar-refractivity contribution >= 4 is 50.7 Å². The van der Waals surface area contributed by atoms with Crippen molar-refractivity contribution in [3.63, 3.8) is 0 Å². The van der Waals surface area contributed by atoms with Gasteiger partial charge in [-0.2, -0.15) is 0 Å². The number of carboxylic acids is 1. The largest absolute Gasteiger partial charge is 0.478 e. The van der Waals surface area contributed by atoms with Crippen LogP contribution < -0.4 is 33.2 Å². The van der Waals surface area contributed by atoms with Crippen LogP contribution in [0.2, 0.25) is 0 Å². The number of carboxylic acid groups (broad SMARTS) is 1. The second-order valence-corrected chi connectivity index (χ2v) is 10.4. The fourth-order valence-corrected chi connectivity index (χ4v) is 4.45. The van der Waals surface area contributed by atoms with Crippen molar-refractivity contribution in [2.75, 3.05) is 42.7 Å². The summed E-state index contributed by atoms with van der Waals surface area (Å²) in [6.07, 6.45) is 0. The Hall–Kier alpha value is -6.89. The highest BCUT2D eigenvalue weighted by atomic mass is 19.1. The fourth-order valence-electron chi connectivity index (χ4n) is 4.45. The molecule has 1 aliphatic heterocycles. The monoisotopic (exact) mass is 706 g/mol. The summed E-state index contributed by atoms with van der Waals surface area (Å²) in [5.41, 5.74) is 16.9. The molecule has 3 heterocycles. The molecule has 264 valence electrons. The van der Waals surface area contributed by atoms with E-state index in [2.05, 4.69) is 35.7 Å². The molecule has 0 radical (unpaired) electrons. The number of rotatable bonds is 3. The van der Waals surface area contributed by atoms with Crippen molar-refractivity contribution in [3.05, 3.63) is 122 Å². The predicted octanol–water partition coefficient (Wildman–Crippen LogP) is 2.22. The lowest BCUT2D eigenvalue weighted by atomic mass is 10.2. The lowest BCUT2D eigenvalue weighted by molar-refractivity contribution is 0.0697. The van der Waals surface area contributed by atoms with Gasteiger partial charge in [0.1, 0.15) is 28.5 Å². The molecule has 2 aromatic heterocycles. The molecule has 0 saturated carbocycles. The van der Waals surface area contributed by atoms with Crippen molar-refractivity contribution in [1.82, 2.24) is 30.8 Å². The van der Waals surface area contributed by atoms with Crippen LogP contribution in [0, 0.1) is 17.5 Å². The summed E-state index contributed by atoms with van der Waals surface area (Å²) in [5.74, 6) is -3.24. The molecule has 6 aromatic rings. The summed E-state index contributed by atoms with van der Waals surface area (Å²) in [4.78, 5) is 45.6. The number of carbonyl (C=O) groups is 2. The molecule has 0 aliphatic carbocycles. The third-order valence-electron chi connectivity index (χ3n) is 6.95. The highest BCUT2D eigenvalue weighted by Gasteiger charge is 2.12. The van der Waals surface area contributed by atoms with Gasteiger partial charge in [0.15, 0.2) is 0 Å². The van der Waals surface area contributed by atoms with Crippen LogP contribution in [0.25, 0.3) is 21.8 Å². The standard InChI is InChI=1S/C11H12N4O2.C7H4FN3O.C7H7FN2O.C7H6FNO2/c16-11-9-2-1-8(7-10(9)12-14-13-11)15-3-5-17-6-4-15;8-4-1-2-5-6(3-4)9-11-10-7(5)12;2*8-4-1-2-5(7(10)11)6(9)3-4/h1-2,7H,3-6H2,(H,12,13,16);1-3H,(H,9,10,12);1-3H,9H2,(H2,10,11);1-3H,9H2,(H,10,11). The molecule has 0 unspecified atom stereocenters. The number of nitrogens with one attached hydrogen (secondary N) is 2. The van der Waals surface area contributed by atoms with Crippen LogP contribution in [0.15, 0.2) is 82.4 Å². The number of morpholine rings is 1. The number of halogens is 3. The second-order valence-electron chi connectivity index (χ2n) is 10.4. The van der Waals surface area contributed by atoms with E-state index >= 15 is 0 Å². The molecule has 16 nitrogen and oxygen atoms in total. The van der Waals surface area contributed by atoms with Crippen molar-refractivity contribution < 1.29 is 32.6 Å². The Balaban J connectivity index is 0.000000156. The first-order chi connectivity index (χ1) is 24.3. The first-order valence-corrected chi connectivity index (χ1v) is 14.7. The highest BCUT2D eigenvalue weighted by molar-refractivity contribution is 5.97. The molecule has 51 heavy (non-hydrogen) atoms. The number of nitrogens with two attached hydrogens (primary N) is 3. The Labute approximate surface area is 284 Å². The van der Waals surface area contributed by atoms with Gasteiger partial charge in [-0.1, -0.05) is 10.4 Å². The zero-order chi connectivity index (χ0) is 37.1. The van der Waals surface area contributed by atoms with Crippen LogP contribution >= 0.6 is 0 Å². The summed E-state index contributed by atoms with van der Waals surface area (Å²) in [6.45, 7) is 3.20. The van der Waals surface area contributed by atoms with E-state index < -0.39 is 29.3 Å². The van der Waals surface area contributed by atoms with E-state index in [1.807, 2.05) is 12.1 Å². The third-order valence-corrected chi connectivity index (χ3v) is 6.95. The number of benzene rings is 4. The second kappa shape index (κ2) is 17.0. The van der Waals surface area contributed by atoms with Crippen molar-refractivity contribution in [3.8, 4) is 0 Å². The number of hydrogen-bond donors (Lipinski definition) is 6. The number of fused-ring (bicyclic) bond motifs is 2. The SMILES string of the molecule is NC(=O)c1ccc(F)cc1N.Nc1cc(F)ccc1C(=O)O.O=c1[nH]nnc2cc(F)ccc12.O=c1[nH]nnc2cc(N3CCOCC3)ccc12. The molecule has 1 amide bonds. The normalized spacial score (nSPS) is 12.0. The molecular weight excluding hydrogens is 677 g/mol. The summed E-state index contributed by atoms with van der Waals surface area (Å²) in [6, 6.07) is 16.0. The van der Waals surface area contributed by atoms with Crippen LogP contribution in [0.3, 0.4) is 0 Å². The maximum absolute atomic E-state index is 12.6. The minimum absolute atomic E-state index is 0.0579. The van der Waals surface area contributed by atoms with E-state index in [1.54, 1.807) is 6.07 Å². The van der Waals surface area contributed by atoms with Gasteiger partial charge in [-0.15, -0.1) is 10.2 Å². The zero-order valence-electron chi connectivity index (χ0n) is 26.3. The number of amides is 1. The maximum atomic E-state index is 12.6. The molecule has 7 rings (SSSR count). The maximum Gasteiger partial charge on any atom is 0.337 e. The van der Waals surface area contributed by atoms with Crippen molar-refractivity contribution in [2.45, 2.75) is 0 Å². The molecular formula is C32H29F3N10O6. The molecule has 4 aromatic carbocycles. The van der Waals surface area contributed by atoms with E-state index in [4.69, 9.17) is 27.0 Å². The third kappa shape index (κ3) is 10.1. The van der Waals surface area contributed by atoms with Gasteiger partial charge in [0.25, 0.3) is 17.0 Å². The minimum Gasteiger partial charge on any atom is -0.478 e.